The van der Waals surface area contributed by atoms with Crippen LogP contribution in [0.5, 0.6) is 5.75 Å². The molecule has 0 bridgehead atoms. The van der Waals surface area contributed by atoms with Crippen molar-refractivity contribution < 1.29 is 9.53 Å². The molecule has 0 aromatic heterocycles. The zero-order valence-electron chi connectivity index (χ0n) is 13.0. The quantitative estimate of drug-likeness (QED) is 0.810. The van der Waals surface area contributed by atoms with Gasteiger partial charge in [-0.1, -0.05) is 35.9 Å². The number of nitrogens with zero attached hydrogens (tertiary/aromatic N) is 1. The highest BCUT2D eigenvalue weighted by molar-refractivity contribution is 8.18. The summed E-state index contributed by atoms with van der Waals surface area (Å²) in [5.41, 5.74) is 1.63. The molecule has 0 radical (unpaired) electrons. The topological polar surface area (TPSA) is 50.7 Å². The van der Waals surface area contributed by atoms with Gasteiger partial charge in [-0.2, -0.15) is 0 Å². The average molecular weight is 359 g/mol. The van der Waals surface area contributed by atoms with Crippen LogP contribution in [-0.2, 0) is 4.79 Å². The second-order valence-electron chi connectivity index (χ2n) is 4.94. The van der Waals surface area contributed by atoms with Crippen LogP contribution in [0.25, 0.3) is 6.08 Å². The molecule has 1 saturated heterocycles. The number of benzene rings is 2. The summed E-state index contributed by atoms with van der Waals surface area (Å²) >= 11 is 7.49. The number of carbonyl (C=O) groups excluding carboxylic acids is 1. The van der Waals surface area contributed by atoms with Gasteiger partial charge < -0.3 is 10.1 Å². The molecular formula is C18H15ClN2O2S. The minimum Gasteiger partial charge on any atom is -0.492 e. The number of amidine groups is 1. The van der Waals surface area contributed by atoms with E-state index < -0.39 is 0 Å². The van der Waals surface area contributed by atoms with Crippen LogP contribution in [0.4, 0.5) is 5.69 Å². The predicted molar refractivity (Wildman–Crippen MR) is 99.9 cm³/mol. The summed E-state index contributed by atoms with van der Waals surface area (Å²) in [6.45, 7) is 2.46. The van der Waals surface area contributed by atoms with Crippen molar-refractivity contribution in [3.05, 3.63) is 64.0 Å². The SMILES string of the molecule is CCOc1ccc(/C=C2\SC(=Nc3ccccc3)NC2=O)cc1Cl. The Kier molecular flexibility index (Phi) is 5.23. The highest BCUT2D eigenvalue weighted by Crippen LogP contribution is 2.30. The summed E-state index contributed by atoms with van der Waals surface area (Å²) < 4.78 is 5.41. The van der Waals surface area contributed by atoms with E-state index >= 15 is 0 Å². The van der Waals surface area contributed by atoms with Gasteiger partial charge in [-0.3, -0.25) is 4.79 Å². The van der Waals surface area contributed by atoms with Crippen molar-refractivity contribution in [2.45, 2.75) is 6.92 Å². The van der Waals surface area contributed by atoms with E-state index in [9.17, 15) is 4.79 Å². The van der Waals surface area contributed by atoms with E-state index in [0.717, 1.165) is 11.3 Å². The van der Waals surface area contributed by atoms with Crippen molar-refractivity contribution in [1.29, 1.82) is 0 Å². The molecule has 0 atom stereocenters. The molecule has 6 heteroatoms. The number of aliphatic imine (C=N–C) groups is 1. The lowest BCUT2D eigenvalue weighted by molar-refractivity contribution is -0.115. The van der Waals surface area contributed by atoms with Gasteiger partial charge in [0.2, 0.25) is 0 Å². The van der Waals surface area contributed by atoms with Gasteiger partial charge in [0.1, 0.15) is 5.75 Å². The number of hydrogen-bond acceptors (Lipinski definition) is 4. The van der Waals surface area contributed by atoms with Crippen LogP contribution in [0.1, 0.15) is 12.5 Å². The van der Waals surface area contributed by atoms with E-state index in [1.54, 1.807) is 18.2 Å². The molecule has 0 unspecified atom stereocenters. The molecule has 1 N–H and O–H groups in total. The fourth-order valence-electron chi connectivity index (χ4n) is 2.13. The zero-order chi connectivity index (χ0) is 16.9. The van der Waals surface area contributed by atoms with Crippen LogP contribution >= 0.6 is 23.4 Å². The first-order valence-electron chi connectivity index (χ1n) is 7.42. The number of thioether (sulfide) groups is 1. The molecule has 1 aliphatic rings. The van der Waals surface area contributed by atoms with Crippen molar-refractivity contribution in [2.75, 3.05) is 6.61 Å². The Bertz CT molecular complexity index is 819. The van der Waals surface area contributed by atoms with Gasteiger partial charge in [0.15, 0.2) is 5.17 Å². The minimum atomic E-state index is -0.167. The van der Waals surface area contributed by atoms with Crippen LogP contribution < -0.4 is 10.1 Å². The molecule has 0 saturated carbocycles. The number of amides is 1. The lowest BCUT2D eigenvalue weighted by Crippen LogP contribution is -2.19. The normalized spacial score (nSPS) is 17.3. The van der Waals surface area contributed by atoms with Gasteiger partial charge >= 0.3 is 0 Å². The maximum Gasteiger partial charge on any atom is 0.264 e. The number of ether oxygens (including phenoxy) is 1. The molecule has 0 spiro atoms. The zero-order valence-corrected chi connectivity index (χ0v) is 14.5. The highest BCUT2D eigenvalue weighted by Gasteiger charge is 2.23. The van der Waals surface area contributed by atoms with Gasteiger partial charge in [-0.15, -0.1) is 0 Å². The van der Waals surface area contributed by atoms with Crippen molar-refractivity contribution >= 4 is 46.2 Å². The largest absolute Gasteiger partial charge is 0.492 e. The van der Waals surface area contributed by atoms with Gasteiger partial charge in [0.25, 0.3) is 5.91 Å². The van der Waals surface area contributed by atoms with Crippen LogP contribution in [0.15, 0.2) is 58.4 Å². The Balaban J connectivity index is 1.80. The van der Waals surface area contributed by atoms with E-state index in [1.165, 1.54) is 11.8 Å². The number of hydrogen-bond donors (Lipinski definition) is 1. The smallest absolute Gasteiger partial charge is 0.264 e. The molecule has 4 nitrogen and oxygen atoms in total. The summed E-state index contributed by atoms with van der Waals surface area (Å²) in [6.07, 6.45) is 1.79. The Hall–Kier alpha value is -2.24. The van der Waals surface area contributed by atoms with Gasteiger partial charge in [-0.25, -0.2) is 4.99 Å². The standard InChI is InChI=1S/C18H15ClN2O2S/c1-2-23-15-9-8-12(10-14(15)19)11-16-17(22)21-18(24-16)20-13-6-4-3-5-7-13/h3-11H,2H2,1H3,(H,20,21,22)/b16-11-. The molecule has 1 aliphatic heterocycles. The van der Waals surface area contributed by atoms with Gasteiger partial charge in [-0.05, 0) is 54.6 Å². The fourth-order valence-corrected chi connectivity index (χ4v) is 3.22. The Morgan fingerprint density at radius 1 is 1.25 bits per heavy atom. The third-order valence-corrected chi connectivity index (χ3v) is 4.40. The van der Waals surface area contributed by atoms with E-state index in [0.29, 0.717) is 27.5 Å². The van der Waals surface area contributed by atoms with Crippen molar-refractivity contribution in [1.82, 2.24) is 5.32 Å². The molecule has 1 heterocycles. The number of carbonyl (C=O) groups is 1. The van der Waals surface area contributed by atoms with Crippen LogP contribution in [-0.4, -0.2) is 17.7 Å². The van der Waals surface area contributed by atoms with Crippen molar-refractivity contribution in [3.63, 3.8) is 0 Å². The summed E-state index contributed by atoms with van der Waals surface area (Å²) in [7, 11) is 0. The summed E-state index contributed by atoms with van der Waals surface area (Å²) in [5, 5.41) is 3.85. The van der Waals surface area contributed by atoms with Crippen molar-refractivity contribution in [2.24, 2.45) is 4.99 Å². The molecule has 0 aliphatic carbocycles. The third-order valence-electron chi connectivity index (χ3n) is 3.19. The first kappa shape index (κ1) is 16.6. The molecule has 3 rings (SSSR count). The van der Waals surface area contributed by atoms with Gasteiger partial charge in [0, 0.05) is 0 Å². The predicted octanol–water partition coefficient (Wildman–Crippen LogP) is 4.63. The van der Waals surface area contributed by atoms with E-state index in [2.05, 4.69) is 10.3 Å². The number of nitrogens with one attached hydrogen (secondary N) is 1. The summed E-state index contributed by atoms with van der Waals surface area (Å²) in [6, 6.07) is 14.9. The monoisotopic (exact) mass is 358 g/mol. The minimum absolute atomic E-state index is 0.167. The Labute approximate surface area is 149 Å². The second-order valence-corrected chi connectivity index (χ2v) is 6.38. The maximum absolute atomic E-state index is 12.1. The summed E-state index contributed by atoms with van der Waals surface area (Å²) in [4.78, 5) is 17.1. The van der Waals surface area contributed by atoms with E-state index in [4.69, 9.17) is 16.3 Å². The van der Waals surface area contributed by atoms with Crippen LogP contribution in [0.2, 0.25) is 5.02 Å². The third kappa shape index (κ3) is 3.99. The number of rotatable bonds is 4. The van der Waals surface area contributed by atoms with E-state index in [1.807, 2.05) is 43.3 Å². The second kappa shape index (κ2) is 7.55. The highest BCUT2D eigenvalue weighted by atomic mass is 35.5. The average Bonchev–Trinajstić information content (AvgIpc) is 2.90. The first-order valence-corrected chi connectivity index (χ1v) is 8.62. The molecule has 2 aromatic carbocycles. The van der Waals surface area contributed by atoms with Gasteiger partial charge in [0.05, 0.1) is 22.2 Å². The molecule has 24 heavy (non-hydrogen) atoms. The van der Waals surface area contributed by atoms with Crippen molar-refractivity contribution in [3.8, 4) is 5.75 Å². The van der Waals surface area contributed by atoms with Crippen LogP contribution in [0.3, 0.4) is 0 Å². The van der Waals surface area contributed by atoms with E-state index in [-0.39, 0.29) is 5.91 Å². The lowest BCUT2D eigenvalue weighted by atomic mass is 10.2. The molecule has 1 fully saturated rings. The lowest BCUT2D eigenvalue weighted by Gasteiger charge is -2.05. The number of halogens is 1. The Morgan fingerprint density at radius 2 is 2.04 bits per heavy atom. The molecular weight excluding hydrogens is 344 g/mol. The molecule has 122 valence electrons. The molecule has 2 aromatic rings. The maximum atomic E-state index is 12.1. The first-order chi connectivity index (χ1) is 11.7. The fraction of sp³-hybridized carbons (Fsp3) is 0.111. The molecule has 1 amide bonds. The Morgan fingerprint density at radius 3 is 2.75 bits per heavy atom. The summed E-state index contributed by atoms with van der Waals surface area (Å²) in [5.74, 6) is 0.468. The van der Waals surface area contributed by atoms with Crippen LogP contribution in [0, 0.1) is 0 Å². The number of para-hydroxylation sites is 1.